The van der Waals surface area contributed by atoms with Crippen LogP contribution in [0.25, 0.3) is 0 Å². The van der Waals surface area contributed by atoms with Crippen molar-refractivity contribution in [3.8, 4) is 0 Å². The monoisotopic (exact) mass is 444 g/mol. The lowest BCUT2D eigenvalue weighted by atomic mass is 9.81. The molecular weight excluding hydrogens is 417 g/mol. The molecule has 2 amide bonds. The zero-order chi connectivity index (χ0) is 22.6. The van der Waals surface area contributed by atoms with Gasteiger partial charge in [-0.3, -0.25) is 4.79 Å². The summed E-state index contributed by atoms with van der Waals surface area (Å²) in [6, 6.07) is 1.68. The number of amides is 2. The minimum Gasteiger partial charge on any atom is -0.465 e. The molecule has 0 radical (unpaired) electrons. The predicted molar refractivity (Wildman–Crippen MR) is 106 cm³/mol. The van der Waals surface area contributed by atoms with Crippen LogP contribution in [0.15, 0.2) is 18.3 Å². The summed E-state index contributed by atoms with van der Waals surface area (Å²) in [7, 11) is 1.56. The zero-order valence-corrected chi connectivity index (χ0v) is 17.3. The third kappa shape index (κ3) is 5.38. The Labute approximate surface area is 178 Å². The van der Waals surface area contributed by atoms with E-state index in [1.165, 1.54) is 0 Å². The maximum atomic E-state index is 13.4. The third-order valence-corrected chi connectivity index (χ3v) is 6.14. The Morgan fingerprint density at radius 2 is 2.03 bits per heavy atom. The molecule has 1 aromatic rings. The summed E-state index contributed by atoms with van der Waals surface area (Å²) in [6.45, 7) is 1.86. The molecule has 0 unspecified atom stereocenters. The van der Waals surface area contributed by atoms with Gasteiger partial charge in [-0.15, -0.1) is 0 Å². The summed E-state index contributed by atoms with van der Waals surface area (Å²) in [5.41, 5.74) is -1.45. The van der Waals surface area contributed by atoms with Crippen LogP contribution < -0.4 is 10.2 Å². The normalized spacial score (nSPS) is 24.3. The first-order valence-corrected chi connectivity index (χ1v) is 10.2. The van der Waals surface area contributed by atoms with E-state index in [9.17, 15) is 22.8 Å². The van der Waals surface area contributed by atoms with Crippen LogP contribution in [0.5, 0.6) is 0 Å². The van der Waals surface area contributed by atoms with Crippen molar-refractivity contribution in [1.29, 1.82) is 0 Å². The van der Waals surface area contributed by atoms with Gasteiger partial charge < -0.3 is 25.0 Å². The van der Waals surface area contributed by atoms with Crippen molar-refractivity contribution in [2.24, 2.45) is 5.41 Å². The molecule has 0 aromatic carbocycles. The summed E-state index contributed by atoms with van der Waals surface area (Å²) in [5.74, 6) is 0.193. The number of nitrogens with zero attached hydrogens (tertiary/aromatic N) is 3. The van der Waals surface area contributed by atoms with E-state index in [2.05, 4.69) is 10.3 Å². The molecule has 2 fully saturated rings. The molecular formula is C20H27F3N4O4. The van der Waals surface area contributed by atoms with Gasteiger partial charge in [0.1, 0.15) is 5.82 Å². The van der Waals surface area contributed by atoms with E-state index in [0.717, 1.165) is 18.3 Å². The smallest absolute Gasteiger partial charge is 0.416 e. The van der Waals surface area contributed by atoms with E-state index < -0.39 is 23.2 Å². The number of nitrogens with one attached hydrogen (secondary N) is 1. The number of carbonyl (C=O) groups excluding carboxylic acids is 1. The van der Waals surface area contributed by atoms with Gasteiger partial charge in [-0.05, 0) is 37.8 Å². The van der Waals surface area contributed by atoms with Crippen LogP contribution in [0, 0.1) is 5.41 Å². The van der Waals surface area contributed by atoms with Gasteiger partial charge in [-0.2, -0.15) is 13.2 Å². The maximum Gasteiger partial charge on any atom is 0.416 e. The van der Waals surface area contributed by atoms with Gasteiger partial charge in [0.2, 0.25) is 5.91 Å². The summed E-state index contributed by atoms with van der Waals surface area (Å²) >= 11 is 0. The number of rotatable bonds is 6. The largest absolute Gasteiger partial charge is 0.465 e. The lowest BCUT2D eigenvalue weighted by Crippen LogP contribution is -2.53. The average Bonchev–Trinajstić information content (AvgIpc) is 3.14. The van der Waals surface area contributed by atoms with Crippen LogP contribution in [-0.4, -0.2) is 72.9 Å². The highest BCUT2D eigenvalue weighted by Gasteiger charge is 2.47. The molecule has 1 aliphatic carbocycles. The molecule has 1 aromatic heterocycles. The number of ether oxygens (including phenoxy) is 1. The van der Waals surface area contributed by atoms with Crippen LogP contribution in [-0.2, 0) is 15.7 Å². The van der Waals surface area contributed by atoms with E-state index in [0.29, 0.717) is 58.5 Å². The van der Waals surface area contributed by atoms with E-state index in [1.807, 2.05) is 0 Å². The summed E-state index contributed by atoms with van der Waals surface area (Å²) in [5, 5.41) is 11.5. The van der Waals surface area contributed by atoms with Gasteiger partial charge in [0.15, 0.2) is 0 Å². The number of methoxy groups -OCH3 is 1. The molecule has 31 heavy (non-hydrogen) atoms. The fraction of sp³-hybridized carbons (Fsp3) is 0.650. The highest BCUT2D eigenvalue weighted by Crippen LogP contribution is 2.43. The van der Waals surface area contributed by atoms with Gasteiger partial charge in [-0.25, -0.2) is 9.78 Å². The highest BCUT2D eigenvalue weighted by atomic mass is 19.4. The second-order valence-corrected chi connectivity index (χ2v) is 8.09. The van der Waals surface area contributed by atoms with Crippen LogP contribution >= 0.6 is 0 Å². The average molecular weight is 444 g/mol. The third-order valence-electron chi connectivity index (χ3n) is 6.14. The van der Waals surface area contributed by atoms with Crippen molar-refractivity contribution in [3.05, 3.63) is 23.9 Å². The molecule has 2 aliphatic rings. The van der Waals surface area contributed by atoms with E-state index in [1.54, 1.807) is 16.9 Å². The van der Waals surface area contributed by atoms with E-state index >= 15 is 0 Å². The molecule has 2 N–H and O–H groups in total. The minimum atomic E-state index is -4.44. The number of hydrogen-bond acceptors (Lipinski definition) is 5. The molecule has 2 heterocycles. The van der Waals surface area contributed by atoms with Gasteiger partial charge in [0, 0.05) is 52.1 Å². The van der Waals surface area contributed by atoms with Gasteiger partial charge in [0.05, 0.1) is 11.0 Å². The Hall–Kier alpha value is -2.56. The lowest BCUT2D eigenvalue weighted by molar-refractivity contribution is -0.143. The van der Waals surface area contributed by atoms with Crippen LogP contribution in [0.1, 0.15) is 31.2 Å². The molecule has 2 atom stereocenters. The molecule has 0 bridgehead atoms. The SMILES string of the molecule is COCC[C@]1(C(=O)N2CCN(c3cc(C(F)(F)F)ccn3)CC2)CC[C@@H](NC(=O)O)C1. The topological polar surface area (TPSA) is 95.0 Å². The number of piperazine rings is 1. The number of halogens is 3. The highest BCUT2D eigenvalue weighted by molar-refractivity contribution is 5.83. The number of anilines is 1. The Bertz CT molecular complexity index is 799. The van der Waals surface area contributed by atoms with Crippen molar-refractivity contribution in [2.75, 3.05) is 44.8 Å². The first-order valence-electron chi connectivity index (χ1n) is 10.2. The Balaban J connectivity index is 1.66. The van der Waals surface area contributed by atoms with Crippen molar-refractivity contribution in [2.45, 2.75) is 37.9 Å². The molecule has 0 spiro atoms. The van der Waals surface area contributed by atoms with Gasteiger partial charge in [0.25, 0.3) is 0 Å². The summed E-state index contributed by atoms with van der Waals surface area (Å²) in [4.78, 5) is 31.9. The first-order chi connectivity index (χ1) is 14.6. The Morgan fingerprint density at radius 3 is 2.65 bits per heavy atom. The van der Waals surface area contributed by atoms with Crippen molar-refractivity contribution >= 4 is 17.8 Å². The Kier molecular flexibility index (Phi) is 6.93. The number of alkyl halides is 3. The van der Waals surface area contributed by atoms with Crippen molar-refractivity contribution < 1.29 is 32.6 Å². The molecule has 1 aliphatic heterocycles. The molecule has 172 valence electrons. The number of carbonyl (C=O) groups is 2. The Morgan fingerprint density at radius 1 is 1.32 bits per heavy atom. The maximum absolute atomic E-state index is 13.4. The molecule has 8 nitrogen and oxygen atoms in total. The van der Waals surface area contributed by atoms with Crippen molar-refractivity contribution in [3.63, 3.8) is 0 Å². The fourth-order valence-electron chi connectivity index (χ4n) is 4.49. The van der Waals surface area contributed by atoms with Gasteiger partial charge in [-0.1, -0.05) is 0 Å². The van der Waals surface area contributed by atoms with Crippen LogP contribution in [0.4, 0.5) is 23.8 Å². The van der Waals surface area contributed by atoms with E-state index in [4.69, 9.17) is 9.84 Å². The van der Waals surface area contributed by atoms with Crippen molar-refractivity contribution in [1.82, 2.24) is 15.2 Å². The zero-order valence-electron chi connectivity index (χ0n) is 17.3. The summed E-state index contributed by atoms with van der Waals surface area (Å²) < 4.78 is 44.1. The number of pyridine rings is 1. The standard InChI is InChI=1S/C20H27F3N4O4/c1-31-11-5-19(4-2-15(13-19)25-18(29)30)17(28)27-9-7-26(8-10-27)16-12-14(3-6-24-16)20(21,22)23/h3,6,12,15,25H,2,4-5,7-11,13H2,1H3,(H,29,30)/t15-,19-/m1/s1. The molecule has 1 saturated carbocycles. The number of hydrogen-bond donors (Lipinski definition) is 2. The quantitative estimate of drug-likeness (QED) is 0.701. The van der Waals surface area contributed by atoms with Crippen LogP contribution in [0.3, 0.4) is 0 Å². The second-order valence-electron chi connectivity index (χ2n) is 8.09. The first kappa shape index (κ1) is 23.1. The number of carboxylic acid groups (broad SMARTS) is 1. The predicted octanol–water partition coefficient (Wildman–Crippen LogP) is 2.59. The molecule has 11 heteroatoms. The molecule has 1 saturated heterocycles. The van der Waals surface area contributed by atoms with Gasteiger partial charge >= 0.3 is 12.3 Å². The second kappa shape index (κ2) is 9.29. The summed E-state index contributed by atoms with van der Waals surface area (Å²) in [6.07, 6.45) is -2.35. The van der Waals surface area contributed by atoms with E-state index in [-0.39, 0.29) is 17.8 Å². The lowest BCUT2D eigenvalue weighted by Gasteiger charge is -2.40. The molecule has 3 rings (SSSR count). The fourth-order valence-corrected chi connectivity index (χ4v) is 4.49. The minimum absolute atomic E-state index is 0.0455. The van der Waals surface area contributed by atoms with Crippen LogP contribution in [0.2, 0.25) is 0 Å². The number of aromatic nitrogens is 1.